The van der Waals surface area contributed by atoms with Gasteiger partial charge in [-0.1, -0.05) is 19.3 Å². The van der Waals surface area contributed by atoms with E-state index in [9.17, 15) is 10.1 Å². The largest absolute Gasteiger partial charge is 0.354 e. The van der Waals surface area contributed by atoms with Crippen LogP contribution in [0.2, 0.25) is 0 Å². The molecule has 9 nitrogen and oxygen atoms in total. The number of nitrogens with zero attached hydrogens (tertiary/aromatic N) is 7. The molecule has 2 fully saturated rings. The smallest absolute Gasteiger partial charge is 0.254 e. The van der Waals surface area contributed by atoms with Gasteiger partial charge in [0.1, 0.15) is 17.7 Å². The van der Waals surface area contributed by atoms with Gasteiger partial charge in [0.05, 0.1) is 12.1 Å². The summed E-state index contributed by atoms with van der Waals surface area (Å²) in [4.78, 5) is 25.9. The lowest BCUT2D eigenvalue weighted by Crippen LogP contribution is -2.58. The minimum Gasteiger partial charge on any atom is -0.354 e. The fraction of sp³-hybridized carbons (Fsp3) is 0.650. The average Bonchev–Trinajstić information content (AvgIpc) is 3.21. The molecule has 2 aromatic rings. The molecule has 1 atom stereocenters. The van der Waals surface area contributed by atoms with Gasteiger partial charge in [0.2, 0.25) is 5.91 Å². The molecule has 1 aliphatic heterocycles. The Hall–Kier alpha value is -2.73. The molecular formula is C20H28N8O. The molecule has 2 aromatic heterocycles. The SMILES string of the molecule is Cc1cc(N2CCN(C(C)C(=O)NC3(C#N)CCCCC3)CC2)n2ncnc2n1. The summed E-state index contributed by atoms with van der Waals surface area (Å²) >= 11 is 0. The summed E-state index contributed by atoms with van der Waals surface area (Å²) in [5.41, 5.74) is 0.226. The van der Waals surface area contributed by atoms with Gasteiger partial charge in [-0.15, -0.1) is 0 Å². The zero-order chi connectivity index (χ0) is 20.4. The van der Waals surface area contributed by atoms with Crippen LogP contribution in [0.25, 0.3) is 5.78 Å². The third-order valence-corrected chi connectivity index (χ3v) is 6.21. The van der Waals surface area contributed by atoms with Gasteiger partial charge in [0.25, 0.3) is 5.78 Å². The number of aromatic nitrogens is 4. The van der Waals surface area contributed by atoms with Gasteiger partial charge in [-0.3, -0.25) is 9.69 Å². The van der Waals surface area contributed by atoms with Crippen LogP contribution in [0.1, 0.15) is 44.7 Å². The Kier molecular flexibility index (Phi) is 5.37. The van der Waals surface area contributed by atoms with Gasteiger partial charge in [-0.25, -0.2) is 4.98 Å². The fourth-order valence-corrected chi connectivity index (χ4v) is 4.40. The Morgan fingerprint density at radius 3 is 2.66 bits per heavy atom. The standard InChI is InChI=1S/C20H28N8O/c1-15-12-17(28-19(24-15)22-14-23-28)27-10-8-26(9-11-27)16(2)18(29)25-20(13-21)6-4-3-5-7-20/h12,14,16H,3-11H2,1-2H3,(H,25,29). The number of aryl methyl sites for hydroxylation is 1. The Bertz CT molecular complexity index is 918. The number of amides is 1. The molecule has 9 heteroatoms. The number of nitriles is 1. The second kappa shape index (κ2) is 7.95. The molecular weight excluding hydrogens is 368 g/mol. The summed E-state index contributed by atoms with van der Waals surface area (Å²) in [6.45, 7) is 7.01. The second-order valence-corrected chi connectivity index (χ2v) is 8.17. The van der Waals surface area contributed by atoms with E-state index in [1.54, 1.807) is 4.52 Å². The molecule has 0 radical (unpaired) electrons. The third kappa shape index (κ3) is 3.90. The van der Waals surface area contributed by atoms with E-state index in [2.05, 4.69) is 36.3 Å². The van der Waals surface area contributed by atoms with Gasteiger partial charge in [-0.2, -0.15) is 19.9 Å². The van der Waals surface area contributed by atoms with Crippen molar-refractivity contribution in [1.82, 2.24) is 29.8 Å². The first-order valence-electron chi connectivity index (χ1n) is 10.4. The molecule has 1 saturated carbocycles. The summed E-state index contributed by atoms with van der Waals surface area (Å²) in [6, 6.07) is 4.14. The van der Waals surface area contributed by atoms with E-state index in [-0.39, 0.29) is 11.9 Å². The molecule has 1 N–H and O–H groups in total. The first kappa shape index (κ1) is 19.6. The molecule has 0 spiro atoms. The minimum atomic E-state index is -0.682. The number of fused-ring (bicyclic) bond motifs is 1. The number of rotatable bonds is 4. The molecule has 1 aliphatic carbocycles. The van der Waals surface area contributed by atoms with Crippen LogP contribution in [-0.2, 0) is 4.79 Å². The zero-order valence-corrected chi connectivity index (χ0v) is 17.1. The van der Waals surface area contributed by atoms with Crippen molar-refractivity contribution in [2.45, 2.75) is 57.5 Å². The Morgan fingerprint density at radius 1 is 1.24 bits per heavy atom. The van der Waals surface area contributed by atoms with Crippen LogP contribution in [0.3, 0.4) is 0 Å². The van der Waals surface area contributed by atoms with Gasteiger partial charge in [-0.05, 0) is 26.7 Å². The van der Waals surface area contributed by atoms with Crippen LogP contribution in [-0.4, -0.2) is 68.1 Å². The molecule has 4 rings (SSSR count). The lowest BCUT2D eigenvalue weighted by molar-refractivity contribution is -0.127. The minimum absolute atomic E-state index is 0.0414. The number of carbonyl (C=O) groups is 1. The van der Waals surface area contributed by atoms with Crippen LogP contribution >= 0.6 is 0 Å². The molecule has 2 aliphatic rings. The quantitative estimate of drug-likeness (QED) is 0.830. The fourth-order valence-electron chi connectivity index (χ4n) is 4.40. The number of carbonyl (C=O) groups excluding carboxylic acids is 1. The van der Waals surface area contributed by atoms with Crippen molar-refractivity contribution in [3.05, 3.63) is 18.1 Å². The highest BCUT2D eigenvalue weighted by Gasteiger charge is 2.36. The molecule has 1 saturated heterocycles. The zero-order valence-electron chi connectivity index (χ0n) is 17.1. The average molecular weight is 396 g/mol. The highest BCUT2D eigenvalue weighted by Crippen LogP contribution is 2.28. The van der Waals surface area contributed by atoms with Crippen molar-refractivity contribution >= 4 is 17.5 Å². The monoisotopic (exact) mass is 396 g/mol. The van der Waals surface area contributed by atoms with E-state index in [0.29, 0.717) is 5.78 Å². The predicted octanol–water partition coefficient (Wildman–Crippen LogP) is 1.29. The summed E-state index contributed by atoms with van der Waals surface area (Å²) < 4.78 is 1.76. The molecule has 0 bridgehead atoms. The number of nitrogens with one attached hydrogen (secondary N) is 1. The molecule has 154 valence electrons. The first-order chi connectivity index (χ1) is 14.0. The highest BCUT2D eigenvalue weighted by atomic mass is 16.2. The maximum Gasteiger partial charge on any atom is 0.254 e. The van der Waals surface area contributed by atoms with E-state index in [1.165, 1.54) is 6.33 Å². The van der Waals surface area contributed by atoms with Crippen molar-refractivity contribution in [1.29, 1.82) is 5.26 Å². The van der Waals surface area contributed by atoms with Crippen LogP contribution in [0, 0.1) is 18.3 Å². The summed E-state index contributed by atoms with van der Waals surface area (Å²) in [6.07, 6.45) is 6.18. The first-order valence-corrected chi connectivity index (χ1v) is 10.4. The molecule has 29 heavy (non-hydrogen) atoms. The molecule has 0 aromatic carbocycles. The van der Waals surface area contributed by atoms with Gasteiger partial charge < -0.3 is 10.2 Å². The third-order valence-electron chi connectivity index (χ3n) is 6.21. The van der Waals surface area contributed by atoms with Gasteiger partial charge in [0.15, 0.2) is 0 Å². The van der Waals surface area contributed by atoms with Gasteiger partial charge in [0, 0.05) is 37.9 Å². The predicted molar refractivity (Wildman–Crippen MR) is 108 cm³/mol. The molecule has 3 heterocycles. The summed E-state index contributed by atoms with van der Waals surface area (Å²) in [5, 5.41) is 17.0. The van der Waals surface area contributed by atoms with Crippen LogP contribution in [0.4, 0.5) is 5.82 Å². The van der Waals surface area contributed by atoms with Crippen molar-refractivity contribution < 1.29 is 4.79 Å². The van der Waals surface area contributed by atoms with Gasteiger partial charge >= 0.3 is 0 Å². The number of piperazine rings is 1. The summed E-state index contributed by atoms with van der Waals surface area (Å²) in [5.74, 6) is 1.54. The van der Waals surface area contributed by atoms with E-state index in [1.807, 2.05) is 19.9 Å². The molecule has 1 unspecified atom stereocenters. The maximum atomic E-state index is 12.9. The van der Waals surface area contributed by atoms with Crippen LogP contribution < -0.4 is 10.2 Å². The van der Waals surface area contributed by atoms with Crippen LogP contribution in [0.15, 0.2) is 12.4 Å². The Balaban J connectivity index is 1.39. The topological polar surface area (TPSA) is 102 Å². The highest BCUT2D eigenvalue weighted by molar-refractivity contribution is 5.82. The van der Waals surface area contributed by atoms with E-state index < -0.39 is 5.54 Å². The number of hydrogen-bond acceptors (Lipinski definition) is 7. The second-order valence-electron chi connectivity index (χ2n) is 8.17. The Morgan fingerprint density at radius 2 is 1.97 bits per heavy atom. The lowest BCUT2D eigenvalue weighted by Gasteiger charge is -2.39. The van der Waals surface area contributed by atoms with E-state index >= 15 is 0 Å². The van der Waals surface area contributed by atoms with Crippen molar-refractivity contribution in [3.8, 4) is 6.07 Å². The summed E-state index contributed by atoms with van der Waals surface area (Å²) in [7, 11) is 0. The van der Waals surface area contributed by atoms with E-state index in [0.717, 1.165) is 69.8 Å². The number of hydrogen-bond donors (Lipinski definition) is 1. The maximum absolute atomic E-state index is 12.9. The van der Waals surface area contributed by atoms with E-state index in [4.69, 9.17) is 0 Å². The normalized spacial score (nSPS) is 20.9. The van der Waals surface area contributed by atoms with Crippen LogP contribution in [0.5, 0.6) is 0 Å². The Labute approximate surface area is 170 Å². The lowest BCUT2D eigenvalue weighted by atomic mass is 9.82. The van der Waals surface area contributed by atoms with Crippen molar-refractivity contribution in [2.75, 3.05) is 31.1 Å². The number of anilines is 1. The molecule has 1 amide bonds. The van der Waals surface area contributed by atoms with Crippen molar-refractivity contribution in [3.63, 3.8) is 0 Å². The van der Waals surface area contributed by atoms with Crippen molar-refractivity contribution in [2.24, 2.45) is 0 Å².